The molecule has 0 radical (unpaired) electrons. The first-order valence-electron chi connectivity index (χ1n) is 9.66. The third-order valence-electron chi connectivity index (χ3n) is 4.77. The quantitative estimate of drug-likeness (QED) is 0.826. The Labute approximate surface area is 161 Å². The summed E-state index contributed by atoms with van der Waals surface area (Å²) in [6.45, 7) is 4.99. The van der Waals surface area contributed by atoms with E-state index in [0.29, 0.717) is 24.3 Å². The topological polar surface area (TPSA) is 52.7 Å². The number of amides is 3. The van der Waals surface area contributed by atoms with Gasteiger partial charge >= 0.3 is 6.03 Å². The molecule has 0 spiro atoms. The molecule has 0 saturated carbocycles. The van der Waals surface area contributed by atoms with Crippen molar-refractivity contribution in [2.45, 2.75) is 32.7 Å². The summed E-state index contributed by atoms with van der Waals surface area (Å²) in [5.74, 6) is 0.0714. The molecule has 0 bridgehead atoms. The first-order chi connectivity index (χ1) is 13.2. The van der Waals surface area contributed by atoms with Crippen LogP contribution in [0, 0.1) is 0 Å². The van der Waals surface area contributed by atoms with Gasteiger partial charge in [-0.2, -0.15) is 0 Å². The van der Waals surface area contributed by atoms with Crippen molar-refractivity contribution in [1.29, 1.82) is 0 Å². The standard InChI is InChI=1S/C22H27N3O2/c1-2-14-25(17-18-8-4-3-5-9-18)22(27)23-20-12-10-19(11-13-20)21(26)24-15-6-7-16-24/h3-5,8-13H,2,6-7,14-17H2,1H3,(H,23,27). The smallest absolute Gasteiger partial charge is 0.322 e. The first kappa shape index (κ1) is 19.0. The predicted octanol–water partition coefficient (Wildman–Crippen LogP) is 4.37. The fraction of sp³-hybridized carbons (Fsp3) is 0.364. The van der Waals surface area contributed by atoms with E-state index in [1.165, 1.54) is 0 Å². The minimum Gasteiger partial charge on any atom is -0.339 e. The number of anilines is 1. The van der Waals surface area contributed by atoms with Crippen molar-refractivity contribution in [2.75, 3.05) is 25.0 Å². The summed E-state index contributed by atoms with van der Waals surface area (Å²) in [5, 5.41) is 2.94. The average Bonchev–Trinajstić information content (AvgIpc) is 3.23. The van der Waals surface area contributed by atoms with Crippen molar-refractivity contribution in [3.63, 3.8) is 0 Å². The van der Waals surface area contributed by atoms with E-state index in [0.717, 1.165) is 37.9 Å². The van der Waals surface area contributed by atoms with Crippen LogP contribution in [0.25, 0.3) is 0 Å². The van der Waals surface area contributed by atoms with Crippen LogP contribution in [0.3, 0.4) is 0 Å². The number of hydrogen-bond donors (Lipinski definition) is 1. The lowest BCUT2D eigenvalue weighted by Crippen LogP contribution is -2.35. The third kappa shape index (κ3) is 5.09. The van der Waals surface area contributed by atoms with E-state index in [-0.39, 0.29) is 11.9 Å². The fourth-order valence-corrected chi connectivity index (χ4v) is 3.33. The monoisotopic (exact) mass is 365 g/mol. The molecule has 0 aromatic heterocycles. The lowest BCUT2D eigenvalue weighted by molar-refractivity contribution is 0.0793. The Morgan fingerprint density at radius 1 is 1.00 bits per heavy atom. The van der Waals surface area contributed by atoms with Gasteiger partial charge in [0.15, 0.2) is 0 Å². The molecule has 1 aliphatic heterocycles. The average molecular weight is 365 g/mol. The highest BCUT2D eigenvalue weighted by Gasteiger charge is 2.19. The number of urea groups is 1. The van der Waals surface area contributed by atoms with Crippen molar-refractivity contribution in [1.82, 2.24) is 9.80 Å². The predicted molar refractivity (Wildman–Crippen MR) is 108 cm³/mol. The summed E-state index contributed by atoms with van der Waals surface area (Å²) < 4.78 is 0. The van der Waals surface area contributed by atoms with Gasteiger partial charge in [0.25, 0.3) is 5.91 Å². The minimum absolute atomic E-state index is 0.0714. The maximum absolute atomic E-state index is 12.7. The second-order valence-electron chi connectivity index (χ2n) is 6.91. The molecular formula is C22H27N3O2. The molecule has 3 amide bonds. The van der Waals surface area contributed by atoms with Crippen LogP contribution in [-0.2, 0) is 6.54 Å². The SMILES string of the molecule is CCCN(Cc1ccccc1)C(=O)Nc1ccc(C(=O)N2CCCC2)cc1. The Hall–Kier alpha value is -2.82. The van der Waals surface area contributed by atoms with E-state index in [1.54, 1.807) is 29.2 Å². The zero-order valence-electron chi connectivity index (χ0n) is 15.9. The molecule has 1 saturated heterocycles. The van der Waals surface area contributed by atoms with Crippen molar-refractivity contribution >= 4 is 17.6 Å². The fourth-order valence-electron chi connectivity index (χ4n) is 3.33. The number of rotatable bonds is 6. The van der Waals surface area contributed by atoms with Gasteiger partial charge in [0, 0.05) is 37.4 Å². The number of carbonyl (C=O) groups is 2. The van der Waals surface area contributed by atoms with Gasteiger partial charge in [-0.3, -0.25) is 4.79 Å². The molecule has 1 fully saturated rings. The lowest BCUT2D eigenvalue weighted by atomic mass is 10.2. The van der Waals surface area contributed by atoms with Gasteiger partial charge in [-0.1, -0.05) is 37.3 Å². The molecule has 0 unspecified atom stereocenters. The highest BCUT2D eigenvalue weighted by atomic mass is 16.2. The Kier molecular flexibility index (Phi) is 6.47. The van der Waals surface area contributed by atoms with Crippen molar-refractivity contribution < 1.29 is 9.59 Å². The van der Waals surface area contributed by atoms with E-state index in [1.807, 2.05) is 35.2 Å². The molecule has 2 aromatic carbocycles. The third-order valence-corrected chi connectivity index (χ3v) is 4.77. The van der Waals surface area contributed by atoms with Gasteiger partial charge in [-0.05, 0) is 49.1 Å². The van der Waals surface area contributed by atoms with Crippen LogP contribution in [0.5, 0.6) is 0 Å². The summed E-state index contributed by atoms with van der Waals surface area (Å²) in [4.78, 5) is 28.8. The number of benzene rings is 2. The van der Waals surface area contributed by atoms with Crippen molar-refractivity contribution in [2.24, 2.45) is 0 Å². The molecule has 0 atom stereocenters. The number of nitrogens with one attached hydrogen (secondary N) is 1. The summed E-state index contributed by atoms with van der Waals surface area (Å²) >= 11 is 0. The Morgan fingerprint density at radius 2 is 1.67 bits per heavy atom. The normalized spacial score (nSPS) is 13.4. The maximum Gasteiger partial charge on any atom is 0.322 e. The van der Waals surface area contributed by atoms with Crippen LogP contribution in [0.2, 0.25) is 0 Å². The molecule has 0 aliphatic carbocycles. The van der Waals surface area contributed by atoms with Crippen molar-refractivity contribution in [3.8, 4) is 0 Å². The number of likely N-dealkylation sites (tertiary alicyclic amines) is 1. The molecular weight excluding hydrogens is 338 g/mol. The van der Waals surface area contributed by atoms with Crippen molar-refractivity contribution in [3.05, 3.63) is 65.7 Å². The molecule has 1 N–H and O–H groups in total. The summed E-state index contributed by atoms with van der Waals surface area (Å²) in [7, 11) is 0. The molecule has 5 nitrogen and oxygen atoms in total. The van der Waals surface area contributed by atoms with Gasteiger partial charge in [0.2, 0.25) is 0 Å². The van der Waals surface area contributed by atoms with E-state index in [9.17, 15) is 9.59 Å². The van der Waals surface area contributed by atoms with Crippen LogP contribution in [0.1, 0.15) is 42.1 Å². The zero-order valence-corrected chi connectivity index (χ0v) is 15.9. The zero-order chi connectivity index (χ0) is 19.1. The summed E-state index contributed by atoms with van der Waals surface area (Å²) in [6, 6.07) is 17.0. The molecule has 5 heteroatoms. The van der Waals surface area contributed by atoms with Gasteiger partial charge < -0.3 is 15.1 Å². The van der Waals surface area contributed by atoms with Crippen LogP contribution >= 0.6 is 0 Å². The molecule has 1 heterocycles. The van der Waals surface area contributed by atoms with E-state index in [4.69, 9.17) is 0 Å². The van der Waals surface area contributed by atoms with Crippen LogP contribution in [0.15, 0.2) is 54.6 Å². The highest BCUT2D eigenvalue weighted by Crippen LogP contribution is 2.16. The number of nitrogens with zero attached hydrogens (tertiary/aromatic N) is 2. The van der Waals surface area contributed by atoms with Crippen LogP contribution in [-0.4, -0.2) is 41.4 Å². The van der Waals surface area contributed by atoms with E-state index < -0.39 is 0 Å². The minimum atomic E-state index is -0.126. The number of hydrogen-bond acceptors (Lipinski definition) is 2. The summed E-state index contributed by atoms with van der Waals surface area (Å²) in [5.41, 5.74) is 2.48. The summed E-state index contributed by atoms with van der Waals surface area (Å²) in [6.07, 6.45) is 3.05. The lowest BCUT2D eigenvalue weighted by Gasteiger charge is -2.23. The van der Waals surface area contributed by atoms with E-state index >= 15 is 0 Å². The van der Waals surface area contributed by atoms with Crippen LogP contribution < -0.4 is 5.32 Å². The molecule has 27 heavy (non-hydrogen) atoms. The maximum atomic E-state index is 12.7. The van der Waals surface area contributed by atoms with Gasteiger partial charge in [0.1, 0.15) is 0 Å². The van der Waals surface area contributed by atoms with E-state index in [2.05, 4.69) is 12.2 Å². The number of carbonyl (C=O) groups excluding carboxylic acids is 2. The molecule has 142 valence electrons. The Morgan fingerprint density at radius 3 is 2.30 bits per heavy atom. The first-order valence-corrected chi connectivity index (χ1v) is 9.66. The molecule has 2 aromatic rings. The van der Waals surface area contributed by atoms with Crippen LogP contribution in [0.4, 0.5) is 10.5 Å². The molecule has 3 rings (SSSR count). The second-order valence-corrected chi connectivity index (χ2v) is 6.91. The van der Waals surface area contributed by atoms with Gasteiger partial charge in [0.05, 0.1) is 0 Å². The van der Waals surface area contributed by atoms with Gasteiger partial charge in [-0.15, -0.1) is 0 Å². The molecule has 1 aliphatic rings. The largest absolute Gasteiger partial charge is 0.339 e. The Balaban J connectivity index is 1.62. The van der Waals surface area contributed by atoms with Gasteiger partial charge in [-0.25, -0.2) is 4.79 Å². The highest BCUT2D eigenvalue weighted by molar-refractivity contribution is 5.95. The Bertz CT molecular complexity index is 753. The second kappa shape index (κ2) is 9.21.